The van der Waals surface area contributed by atoms with Gasteiger partial charge in [0.15, 0.2) is 5.78 Å². The molecule has 0 aliphatic heterocycles. The van der Waals surface area contributed by atoms with Crippen molar-refractivity contribution >= 4 is 40.5 Å². The van der Waals surface area contributed by atoms with Crippen LogP contribution in [-0.2, 0) is 0 Å². The number of amides is 1. The number of aromatic nitrogens is 2. The van der Waals surface area contributed by atoms with Crippen LogP contribution >= 0.6 is 11.6 Å². The smallest absolute Gasteiger partial charge is 0.274 e. The highest BCUT2D eigenvalue weighted by Crippen LogP contribution is 2.19. The topological polar surface area (TPSA) is 84.0 Å². The quantitative estimate of drug-likeness (QED) is 0.656. The number of rotatable bonds is 5. The molecule has 1 heterocycles. The lowest BCUT2D eigenvalue weighted by Crippen LogP contribution is -2.14. The fourth-order valence-electron chi connectivity index (χ4n) is 2.25. The lowest BCUT2D eigenvalue weighted by atomic mass is 10.1. The van der Waals surface area contributed by atoms with E-state index in [1.165, 1.54) is 13.3 Å². The predicted octanol–water partition coefficient (Wildman–Crippen LogP) is 4.33. The van der Waals surface area contributed by atoms with E-state index in [4.69, 9.17) is 11.6 Å². The van der Waals surface area contributed by atoms with Gasteiger partial charge in [-0.05, 0) is 49.4 Å². The predicted molar refractivity (Wildman–Crippen MR) is 101 cm³/mol. The van der Waals surface area contributed by atoms with E-state index in [0.717, 1.165) is 5.69 Å². The molecule has 0 atom stereocenters. The zero-order chi connectivity index (χ0) is 18.5. The minimum absolute atomic E-state index is 0.0320. The average molecular weight is 367 g/mol. The Bertz CT molecular complexity index is 958. The molecule has 0 unspecified atom stereocenters. The Morgan fingerprint density at radius 2 is 1.73 bits per heavy atom. The highest BCUT2D eigenvalue weighted by molar-refractivity contribution is 6.30. The van der Waals surface area contributed by atoms with E-state index in [-0.39, 0.29) is 17.4 Å². The molecule has 2 N–H and O–H groups in total. The zero-order valence-electron chi connectivity index (χ0n) is 13.9. The van der Waals surface area contributed by atoms with Gasteiger partial charge < -0.3 is 10.6 Å². The minimum Gasteiger partial charge on any atom is -0.340 e. The van der Waals surface area contributed by atoms with Crippen LogP contribution in [0.4, 0.5) is 17.2 Å². The van der Waals surface area contributed by atoms with Gasteiger partial charge in [0.05, 0.1) is 0 Å². The van der Waals surface area contributed by atoms with Gasteiger partial charge in [0.1, 0.15) is 17.8 Å². The van der Waals surface area contributed by atoms with Crippen molar-refractivity contribution in [2.45, 2.75) is 6.92 Å². The Morgan fingerprint density at radius 3 is 2.42 bits per heavy atom. The summed E-state index contributed by atoms with van der Waals surface area (Å²) in [4.78, 5) is 31.8. The number of halogens is 1. The molecular formula is C19H15ClN4O2. The van der Waals surface area contributed by atoms with Gasteiger partial charge in [0.2, 0.25) is 0 Å². The molecule has 1 amide bonds. The molecule has 0 aliphatic rings. The number of benzene rings is 2. The van der Waals surface area contributed by atoms with Gasteiger partial charge in [-0.3, -0.25) is 9.59 Å². The first-order valence-electron chi connectivity index (χ1n) is 7.78. The molecule has 1 aromatic heterocycles. The Morgan fingerprint density at radius 1 is 0.962 bits per heavy atom. The van der Waals surface area contributed by atoms with Crippen LogP contribution in [0.15, 0.2) is 60.9 Å². The maximum atomic E-state index is 12.4. The van der Waals surface area contributed by atoms with Crippen molar-refractivity contribution in [1.82, 2.24) is 9.97 Å². The van der Waals surface area contributed by atoms with Crippen molar-refractivity contribution in [3.8, 4) is 0 Å². The Balaban J connectivity index is 1.72. The van der Waals surface area contributed by atoms with E-state index in [2.05, 4.69) is 20.6 Å². The van der Waals surface area contributed by atoms with Gasteiger partial charge in [-0.15, -0.1) is 0 Å². The van der Waals surface area contributed by atoms with Crippen molar-refractivity contribution in [2.75, 3.05) is 10.6 Å². The molecule has 2 aromatic carbocycles. The number of hydrogen-bond donors (Lipinski definition) is 2. The summed E-state index contributed by atoms with van der Waals surface area (Å²) in [7, 11) is 0. The molecule has 26 heavy (non-hydrogen) atoms. The number of nitrogens with zero attached hydrogens (tertiary/aromatic N) is 2. The second-order valence-corrected chi connectivity index (χ2v) is 5.95. The van der Waals surface area contributed by atoms with Crippen LogP contribution in [-0.4, -0.2) is 21.7 Å². The van der Waals surface area contributed by atoms with E-state index >= 15 is 0 Å². The van der Waals surface area contributed by atoms with Crippen LogP contribution in [0.5, 0.6) is 0 Å². The van der Waals surface area contributed by atoms with Crippen molar-refractivity contribution in [3.63, 3.8) is 0 Å². The van der Waals surface area contributed by atoms with Crippen molar-refractivity contribution in [1.29, 1.82) is 0 Å². The van der Waals surface area contributed by atoms with E-state index in [9.17, 15) is 9.59 Å². The maximum Gasteiger partial charge on any atom is 0.274 e. The molecule has 0 saturated heterocycles. The molecule has 0 bridgehead atoms. The normalized spacial score (nSPS) is 10.2. The molecule has 6 nitrogen and oxygen atoms in total. The third-order valence-electron chi connectivity index (χ3n) is 3.55. The van der Waals surface area contributed by atoms with Crippen molar-refractivity contribution in [3.05, 3.63) is 77.2 Å². The monoisotopic (exact) mass is 366 g/mol. The number of Topliss-reactive ketones (excluding diaryl/α,β-unsaturated/α-hetero) is 1. The van der Waals surface area contributed by atoms with Crippen LogP contribution in [0.1, 0.15) is 27.8 Å². The van der Waals surface area contributed by atoms with Gasteiger partial charge >= 0.3 is 0 Å². The average Bonchev–Trinajstić information content (AvgIpc) is 2.62. The third kappa shape index (κ3) is 4.43. The summed E-state index contributed by atoms with van der Waals surface area (Å²) in [6, 6.07) is 15.4. The molecule has 0 aliphatic carbocycles. The van der Waals surface area contributed by atoms with Crippen LogP contribution in [0.3, 0.4) is 0 Å². The standard InChI is InChI=1S/C19H15ClN4O2/c1-12(25)13-5-7-15(8-6-13)24-19(26)17-10-18(22-11-21-17)23-16-4-2-3-14(20)9-16/h2-11H,1H3,(H,24,26)(H,21,22,23). The minimum atomic E-state index is -0.378. The van der Waals surface area contributed by atoms with Crippen molar-refractivity contribution < 1.29 is 9.59 Å². The number of nitrogens with one attached hydrogen (secondary N) is 2. The molecule has 0 spiro atoms. The largest absolute Gasteiger partial charge is 0.340 e. The first kappa shape index (κ1) is 17.6. The van der Waals surface area contributed by atoms with Gasteiger partial charge in [-0.2, -0.15) is 0 Å². The number of ketones is 1. The first-order valence-corrected chi connectivity index (χ1v) is 8.16. The number of anilines is 3. The van der Waals surface area contributed by atoms with E-state index in [1.54, 1.807) is 42.5 Å². The van der Waals surface area contributed by atoms with Gasteiger partial charge in [0, 0.05) is 28.0 Å². The van der Waals surface area contributed by atoms with Gasteiger partial charge in [-0.1, -0.05) is 17.7 Å². The van der Waals surface area contributed by atoms with Crippen molar-refractivity contribution in [2.24, 2.45) is 0 Å². The lowest BCUT2D eigenvalue weighted by molar-refractivity contribution is 0.101. The summed E-state index contributed by atoms with van der Waals surface area (Å²) < 4.78 is 0. The van der Waals surface area contributed by atoms with Crippen LogP contribution in [0.2, 0.25) is 5.02 Å². The van der Waals surface area contributed by atoms with Gasteiger partial charge in [-0.25, -0.2) is 9.97 Å². The summed E-state index contributed by atoms with van der Waals surface area (Å²) in [6.45, 7) is 1.49. The zero-order valence-corrected chi connectivity index (χ0v) is 14.6. The molecule has 130 valence electrons. The Kier molecular flexibility index (Phi) is 5.24. The summed E-state index contributed by atoms with van der Waals surface area (Å²) in [5, 5.41) is 6.40. The molecular weight excluding hydrogens is 352 g/mol. The van der Waals surface area contributed by atoms with Gasteiger partial charge in [0.25, 0.3) is 5.91 Å². The highest BCUT2D eigenvalue weighted by atomic mass is 35.5. The van der Waals surface area contributed by atoms with E-state index in [1.807, 2.05) is 12.1 Å². The van der Waals surface area contributed by atoms with Crippen LogP contribution in [0, 0.1) is 0 Å². The highest BCUT2D eigenvalue weighted by Gasteiger charge is 2.10. The Hall–Kier alpha value is -3.25. The number of carbonyl (C=O) groups excluding carboxylic acids is 2. The fourth-order valence-corrected chi connectivity index (χ4v) is 2.44. The number of carbonyl (C=O) groups is 2. The molecule has 0 saturated carbocycles. The SMILES string of the molecule is CC(=O)c1ccc(NC(=O)c2cc(Nc3cccc(Cl)c3)ncn2)cc1. The van der Waals surface area contributed by atoms with Crippen LogP contribution < -0.4 is 10.6 Å². The summed E-state index contributed by atoms with van der Waals surface area (Å²) >= 11 is 5.96. The first-order chi connectivity index (χ1) is 12.5. The van der Waals surface area contributed by atoms with E-state index in [0.29, 0.717) is 22.1 Å². The lowest BCUT2D eigenvalue weighted by Gasteiger charge is -2.08. The molecule has 3 rings (SSSR count). The maximum absolute atomic E-state index is 12.4. The van der Waals surface area contributed by atoms with Crippen LogP contribution in [0.25, 0.3) is 0 Å². The molecule has 0 radical (unpaired) electrons. The third-order valence-corrected chi connectivity index (χ3v) is 3.78. The Labute approximate surface area is 155 Å². The summed E-state index contributed by atoms with van der Waals surface area (Å²) in [5.41, 5.74) is 2.11. The molecule has 7 heteroatoms. The second-order valence-electron chi connectivity index (χ2n) is 5.51. The molecule has 0 fully saturated rings. The number of hydrogen-bond acceptors (Lipinski definition) is 5. The fraction of sp³-hybridized carbons (Fsp3) is 0.0526. The summed E-state index contributed by atoms with van der Waals surface area (Å²) in [5.74, 6) is 0.0619. The summed E-state index contributed by atoms with van der Waals surface area (Å²) in [6.07, 6.45) is 1.31. The molecule has 3 aromatic rings. The second kappa shape index (κ2) is 7.76. The van der Waals surface area contributed by atoms with E-state index < -0.39 is 0 Å².